The quantitative estimate of drug-likeness (QED) is 0.481. The Morgan fingerprint density at radius 1 is 1.42 bits per heavy atom. The van der Waals surface area contributed by atoms with E-state index in [2.05, 4.69) is 19.7 Å². The van der Waals surface area contributed by atoms with E-state index in [1.54, 1.807) is 0 Å². The predicted molar refractivity (Wildman–Crippen MR) is 55.8 cm³/mol. The van der Waals surface area contributed by atoms with Crippen molar-refractivity contribution in [2.75, 3.05) is 0 Å². The zero-order valence-electron chi connectivity index (χ0n) is 8.31. The molecule has 1 aliphatic carbocycles. The van der Waals surface area contributed by atoms with E-state index in [1.807, 2.05) is 6.08 Å². The van der Waals surface area contributed by atoms with Crippen LogP contribution >= 0.6 is 0 Å². The van der Waals surface area contributed by atoms with Crippen molar-refractivity contribution in [2.45, 2.75) is 50.9 Å². The molecule has 2 heteroatoms. The highest BCUT2D eigenvalue weighted by Gasteiger charge is 2.26. The lowest BCUT2D eigenvalue weighted by Crippen LogP contribution is -2.33. The minimum Gasteiger partial charge on any atom is -0.414 e. The summed E-state index contributed by atoms with van der Waals surface area (Å²) in [6, 6.07) is 1.09. The van der Waals surface area contributed by atoms with Gasteiger partial charge >= 0.3 is 0 Å². The van der Waals surface area contributed by atoms with Gasteiger partial charge in [0.05, 0.1) is 0 Å². The van der Waals surface area contributed by atoms with Crippen molar-refractivity contribution in [3.05, 3.63) is 12.7 Å². The fourth-order valence-electron chi connectivity index (χ4n) is 1.85. The maximum atomic E-state index is 6.11. The van der Waals surface area contributed by atoms with Crippen LogP contribution in [0.5, 0.6) is 0 Å². The minimum absolute atomic E-state index is 0.576. The average molecular weight is 184 g/mol. The monoisotopic (exact) mass is 184 g/mol. The highest BCUT2D eigenvalue weighted by atomic mass is 28.4. The van der Waals surface area contributed by atoms with Gasteiger partial charge in [-0.3, -0.25) is 0 Å². The highest BCUT2D eigenvalue weighted by molar-refractivity contribution is 6.71. The zero-order valence-corrected chi connectivity index (χ0v) is 9.31. The summed E-state index contributed by atoms with van der Waals surface area (Å²) >= 11 is 0. The minimum atomic E-state index is -1.39. The number of hydrogen-bond acceptors (Lipinski definition) is 1. The van der Waals surface area contributed by atoms with Gasteiger partial charge in [-0.15, -0.1) is 6.58 Å². The van der Waals surface area contributed by atoms with Gasteiger partial charge in [-0.25, -0.2) is 0 Å². The molecule has 1 saturated carbocycles. The highest BCUT2D eigenvalue weighted by Crippen LogP contribution is 2.25. The molecule has 0 bridgehead atoms. The Bertz CT molecular complexity index is 148. The summed E-state index contributed by atoms with van der Waals surface area (Å²) in [7, 11) is -1.39. The second-order valence-corrected chi connectivity index (χ2v) is 8.44. The Morgan fingerprint density at radius 2 is 2.00 bits per heavy atom. The third-order valence-electron chi connectivity index (χ3n) is 2.42. The molecule has 0 spiro atoms. The molecule has 0 aromatic heterocycles. The molecule has 0 radical (unpaired) electrons. The fourth-order valence-corrected chi connectivity index (χ4v) is 3.78. The van der Waals surface area contributed by atoms with Crippen LogP contribution in [0.3, 0.4) is 0 Å². The summed E-state index contributed by atoms with van der Waals surface area (Å²) in [4.78, 5) is 0. The first-order valence-corrected chi connectivity index (χ1v) is 8.04. The van der Waals surface area contributed by atoms with Crippen LogP contribution in [0.2, 0.25) is 19.1 Å². The van der Waals surface area contributed by atoms with E-state index in [0.29, 0.717) is 6.10 Å². The Labute approximate surface area is 76.9 Å². The van der Waals surface area contributed by atoms with Gasteiger partial charge in [0.25, 0.3) is 0 Å². The van der Waals surface area contributed by atoms with Crippen LogP contribution in [-0.2, 0) is 4.43 Å². The summed E-state index contributed by atoms with van der Waals surface area (Å²) in [6.07, 6.45) is 7.88. The molecule has 0 amide bonds. The van der Waals surface area contributed by atoms with E-state index in [4.69, 9.17) is 4.43 Å². The normalized spacial score (nSPS) is 19.8. The van der Waals surface area contributed by atoms with Gasteiger partial charge in [0, 0.05) is 6.10 Å². The third kappa shape index (κ3) is 3.11. The summed E-state index contributed by atoms with van der Waals surface area (Å²) in [5.74, 6) is 0. The largest absolute Gasteiger partial charge is 0.414 e. The van der Waals surface area contributed by atoms with E-state index in [0.717, 1.165) is 6.04 Å². The van der Waals surface area contributed by atoms with Gasteiger partial charge in [0.1, 0.15) is 0 Å². The molecule has 0 aromatic carbocycles. The molecule has 0 saturated heterocycles. The van der Waals surface area contributed by atoms with Crippen molar-refractivity contribution in [2.24, 2.45) is 0 Å². The second kappa shape index (κ2) is 4.24. The van der Waals surface area contributed by atoms with Crippen LogP contribution in [0, 0.1) is 0 Å². The Morgan fingerprint density at radius 3 is 2.50 bits per heavy atom. The smallest absolute Gasteiger partial charge is 0.190 e. The van der Waals surface area contributed by atoms with Gasteiger partial charge in [-0.05, 0) is 32.0 Å². The van der Waals surface area contributed by atoms with Crippen molar-refractivity contribution in [1.82, 2.24) is 0 Å². The Kier molecular flexibility index (Phi) is 3.53. The molecule has 1 fully saturated rings. The summed E-state index contributed by atoms with van der Waals surface area (Å²) in [6.45, 7) is 8.34. The van der Waals surface area contributed by atoms with Crippen LogP contribution in [0.4, 0.5) is 0 Å². The van der Waals surface area contributed by atoms with Crippen LogP contribution in [-0.4, -0.2) is 14.4 Å². The molecule has 70 valence electrons. The lowest BCUT2D eigenvalue weighted by Gasteiger charge is -2.25. The Hall–Kier alpha value is -0.0831. The molecule has 0 unspecified atom stereocenters. The van der Waals surface area contributed by atoms with Crippen molar-refractivity contribution in [3.63, 3.8) is 0 Å². The van der Waals surface area contributed by atoms with E-state index in [9.17, 15) is 0 Å². The zero-order chi connectivity index (χ0) is 9.03. The standard InChI is InChI=1S/C10H20OSi/c1-4-9-12(2,3)11-10-7-5-6-8-10/h4,10H,1,5-9H2,2-3H3. The average Bonchev–Trinajstić information content (AvgIpc) is 2.38. The van der Waals surface area contributed by atoms with E-state index < -0.39 is 8.32 Å². The van der Waals surface area contributed by atoms with Gasteiger partial charge in [-0.2, -0.15) is 0 Å². The molecule has 0 aliphatic heterocycles. The maximum Gasteiger partial charge on any atom is 0.190 e. The van der Waals surface area contributed by atoms with Crippen LogP contribution in [0.25, 0.3) is 0 Å². The molecule has 1 aliphatic rings. The second-order valence-electron chi connectivity index (χ2n) is 4.28. The summed E-state index contributed by atoms with van der Waals surface area (Å²) in [5.41, 5.74) is 0. The SMILES string of the molecule is C=CC[Si](C)(C)OC1CCCC1. The van der Waals surface area contributed by atoms with Crippen molar-refractivity contribution < 1.29 is 4.43 Å². The molecular formula is C10H20OSi. The number of rotatable bonds is 4. The summed E-state index contributed by atoms with van der Waals surface area (Å²) < 4.78 is 6.11. The lowest BCUT2D eigenvalue weighted by molar-refractivity contribution is 0.200. The van der Waals surface area contributed by atoms with E-state index in [1.165, 1.54) is 25.7 Å². The van der Waals surface area contributed by atoms with Gasteiger partial charge in [-0.1, -0.05) is 18.9 Å². The maximum absolute atomic E-state index is 6.11. The van der Waals surface area contributed by atoms with Crippen molar-refractivity contribution in [1.29, 1.82) is 0 Å². The number of hydrogen-bond donors (Lipinski definition) is 0. The topological polar surface area (TPSA) is 9.23 Å². The molecule has 12 heavy (non-hydrogen) atoms. The molecule has 0 aromatic rings. The first kappa shape index (κ1) is 10.0. The first-order valence-electron chi connectivity index (χ1n) is 4.93. The van der Waals surface area contributed by atoms with Gasteiger partial charge in [0.15, 0.2) is 8.32 Å². The van der Waals surface area contributed by atoms with E-state index >= 15 is 0 Å². The van der Waals surface area contributed by atoms with Crippen molar-refractivity contribution in [3.8, 4) is 0 Å². The van der Waals surface area contributed by atoms with Crippen molar-refractivity contribution >= 4 is 8.32 Å². The van der Waals surface area contributed by atoms with Gasteiger partial charge in [0.2, 0.25) is 0 Å². The van der Waals surface area contributed by atoms with Crippen LogP contribution in [0.15, 0.2) is 12.7 Å². The molecule has 1 nitrogen and oxygen atoms in total. The number of allylic oxidation sites excluding steroid dienone is 1. The van der Waals surface area contributed by atoms with Crippen LogP contribution in [0.1, 0.15) is 25.7 Å². The molecule has 0 heterocycles. The van der Waals surface area contributed by atoms with Crippen LogP contribution < -0.4 is 0 Å². The molecule has 0 N–H and O–H groups in total. The van der Waals surface area contributed by atoms with Gasteiger partial charge < -0.3 is 4.43 Å². The predicted octanol–water partition coefficient (Wildman–Crippen LogP) is 3.34. The third-order valence-corrected chi connectivity index (χ3v) is 4.67. The molecular weight excluding hydrogens is 164 g/mol. The molecule has 0 atom stereocenters. The molecule has 1 rings (SSSR count). The summed E-state index contributed by atoms with van der Waals surface area (Å²) in [5, 5.41) is 0. The first-order chi connectivity index (χ1) is 5.64. The van der Waals surface area contributed by atoms with E-state index in [-0.39, 0.29) is 0 Å². The lowest BCUT2D eigenvalue weighted by atomic mass is 10.3. The fraction of sp³-hybridized carbons (Fsp3) is 0.800. The Balaban J connectivity index is 2.31.